The van der Waals surface area contributed by atoms with E-state index in [2.05, 4.69) is 4.98 Å². The molecule has 0 radical (unpaired) electrons. The predicted octanol–water partition coefficient (Wildman–Crippen LogP) is 4.26. The van der Waals surface area contributed by atoms with Gasteiger partial charge >= 0.3 is 6.18 Å². The third-order valence-electron chi connectivity index (χ3n) is 2.65. The number of thioether (sulfide) groups is 1. The van der Waals surface area contributed by atoms with Gasteiger partial charge in [-0.15, -0.1) is 11.3 Å². The summed E-state index contributed by atoms with van der Waals surface area (Å²) in [5.74, 6) is 0.582. The SMILES string of the molecule is Cc1csc(SCC(N)c2ccc(C(F)(F)F)cc2)n1. The van der Waals surface area contributed by atoms with Crippen molar-refractivity contribution in [1.29, 1.82) is 0 Å². The molecule has 0 saturated carbocycles. The molecule has 1 atom stereocenters. The molecule has 0 saturated heterocycles. The number of hydrogen-bond donors (Lipinski definition) is 1. The molecule has 0 aliphatic carbocycles. The van der Waals surface area contributed by atoms with Crippen molar-refractivity contribution in [3.8, 4) is 0 Å². The minimum atomic E-state index is -4.31. The second kappa shape index (κ2) is 6.15. The standard InChI is InChI=1S/C13H13F3N2S2/c1-8-6-19-12(18-8)20-7-11(17)9-2-4-10(5-3-9)13(14,15)16/h2-6,11H,7,17H2,1H3. The Balaban J connectivity index is 1.97. The topological polar surface area (TPSA) is 38.9 Å². The molecule has 1 unspecified atom stereocenters. The van der Waals surface area contributed by atoms with Gasteiger partial charge in [0, 0.05) is 22.9 Å². The van der Waals surface area contributed by atoms with E-state index >= 15 is 0 Å². The molecule has 0 amide bonds. The van der Waals surface area contributed by atoms with Crippen LogP contribution in [0.2, 0.25) is 0 Å². The van der Waals surface area contributed by atoms with E-state index < -0.39 is 11.7 Å². The maximum absolute atomic E-state index is 12.5. The number of thiazole rings is 1. The first kappa shape index (κ1) is 15.3. The quantitative estimate of drug-likeness (QED) is 0.856. The minimum Gasteiger partial charge on any atom is -0.323 e. The fourth-order valence-electron chi connectivity index (χ4n) is 1.58. The molecule has 0 bridgehead atoms. The average molecular weight is 318 g/mol. The molecular weight excluding hydrogens is 305 g/mol. The first-order chi connectivity index (χ1) is 9.36. The third kappa shape index (κ3) is 3.97. The van der Waals surface area contributed by atoms with Gasteiger partial charge in [-0.1, -0.05) is 23.9 Å². The zero-order valence-corrected chi connectivity index (χ0v) is 12.3. The summed E-state index contributed by atoms with van der Waals surface area (Å²) in [6, 6.07) is 4.68. The number of aryl methyl sites for hydroxylation is 1. The van der Waals surface area contributed by atoms with Crippen LogP contribution in [0, 0.1) is 6.92 Å². The normalized spacial score (nSPS) is 13.4. The van der Waals surface area contributed by atoms with Gasteiger partial charge in [0.05, 0.1) is 5.56 Å². The van der Waals surface area contributed by atoms with E-state index in [0.29, 0.717) is 11.3 Å². The Kier molecular flexibility index (Phi) is 4.72. The van der Waals surface area contributed by atoms with E-state index in [0.717, 1.165) is 22.2 Å². The summed E-state index contributed by atoms with van der Waals surface area (Å²) in [6.07, 6.45) is -4.31. The maximum Gasteiger partial charge on any atom is 0.416 e. The number of nitrogens with zero attached hydrogens (tertiary/aromatic N) is 1. The second-order valence-electron chi connectivity index (χ2n) is 4.29. The zero-order chi connectivity index (χ0) is 14.8. The number of nitrogens with two attached hydrogens (primary N) is 1. The molecule has 0 aliphatic rings. The molecule has 2 aromatic rings. The highest BCUT2D eigenvalue weighted by molar-refractivity contribution is 8.01. The van der Waals surface area contributed by atoms with E-state index in [1.165, 1.54) is 23.9 Å². The van der Waals surface area contributed by atoms with Crippen LogP contribution in [0.25, 0.3) is 0 Å². The Bertz CT molecular complexity index is 564. The lowest BCUT2D eigenvalue weighted by Gasteiger charge is -2.12. The van der Waals surface area contributed by atoms with Crippen LogP contribution in [0.15, 0.2) is 34.0 Å². The first-order valence-electron chi connectivity index (χ1n) is 5.84. The molecule has 20 heavy (non-hydrogen) atoms. The summed E-state index contributed by atoms with van der Waals surface area (Å²) < 4.78 is 38.3. The molecule has 108 valence electrons. The lowest BCUT2D eigenvalue weighted by atomic mass is 10.1. The molecule has 0 aliphatic heterocycles. The van der Waals surface area contributed by atoms with Crippen LogP contribution in [-0.2, 0) is 6.18 Å². The Morgan fingerprint density at radius 3 is 2.45 bits per heavy atom. The monoisotopic (exact) mass is 318 g/mol. The molecule has 2 nitrogen and oxygen atoms in total. The van der Waals surface area contributed by atoms with E-state index in [1.807, 2.05) is 12.3 Å². The van der Waals surface area contributed by atoms with Crippen molar-refractivity contribution in [2.24, 2.45) is 5.73 Å². The van der Waals surface area contributed by atoms with Crippen LogP contribution in [0.3, 0.4) is 0 Å². The lowest BCUT2D eigenvalue weighted by molar-refractivity contribution is -0.137. The molecule has 0 fully saturated rings. The third-order valence-corrected chi connectivity index (χ3v) is 4.91. The van der Waals surface area contributed by atoms with Crippen molar-refractivity contribution < 1.29 is 13.2 Å². The summed E-state index contributed by atoms with van der Waals surface area (Å²) in [4.78, 5) is 4.30. The van der Waals surface area contributed by atoms with Crippen LogP contribution >= 0.6 is 23.1 Å². The van der Waals surface area contributed by atoms with E-state index in [1.54, 1.807) is 11.3 Å². The molecule has 7 heteroatoms. The molecule has 0 spiro atoms. The van der Waals surface area contributed by atoms with Crippen molar-refractivity contribution >= 4 is 23.1 Å². The second-order valence-corrected chi connectivity index (χ2v) is 6.42. The molecule has 1 aromatic heterocycles. The minimum absolute atomic E-state index is 0.313. The fraction of sp³-hybridized carbons (Fsp3) is 0.308. The maximum atomic E-state index is 12.5. The summed E-state index contributed by atoms with van der Waals surface area (Å²) in [5.41, 5.74) is 6.98. The van der Waals surface area contributed by atoms with Crippen molar-refractivity contribution in [1.82, 2.24) is 4.98 Å². The summed E-state index contributed by atoms with van der Waals surface area (Å²) in [6.45, 7) is 1.91. The largest absolute Gasteiger partial charge is 0.416 e. The van der Waals surface area contributed by atoms with Gasteiger partial charge < -0.3 is 5.73 Å². The fourth-order valence-corrected chi connectivity index (χ4v) is 3.44. The van der Waals surface area contributed by atoms with E-state index in [4.69, 9.17) is 5.73 Å². The zero-order valence-electron chi connectivity index (χ0n) is 10.6. The highest BCUT2D eigenvalue weighted by Crippen LogP contribution is 2.31. The number of benzene rings is 1. The number of hydrogen-bond acceptors (Lipinski definition) is 4. The van der Waals surface area contributed by atoms with Crippen LogP contribution in [0.4, 0.5) is 13.2 Å². The number of alkyl halides is 3. The van der Waals surface area contributed by atoms with E-state index in [9.17, 15) is 13.2 Å². The molecular formula is C13H13F3N2S2. The predicted molar refractivity (Wildman–Crippen MR) is 75.9 cm³/mol. The van der Waals surface area contributed by atoms with Gasteiger partial charge in [-0.3, -0.25) is 0 Å². The van der Waals surface area contributed by atoms with Crippen molar-refractivity contribution in [2.75, 3.05) is 5.75 Å². The van der Waals surface area contributed by atoms with Crippen molar-refractivity contribution in [3.63, 3.8) is 0 Å². The highest BCUT2D eigenvalue weighted by Gasteiger charge is 2.30. The van der Waals surface area contributed by atoms with Crippen LogP contribution in [-0.4, -0.2) is 10.7 Å². The molecule has 2 rings (SSSR count). The van der Waals surface area contributed by atoms with Gasteiger partial charge in [-0.2, -0.15) is 13.2 Å². The van der Waals surface area contributed by atoms with Gasteiger partial charge in [-0.25, -0.2) is 4.98 Å². The highest BCUT2D eigenvalue weighted by atomic mass is 32.2. The van der Waals surface area contributed by atoms with E-state index in [-0.39, 0.29) is 6.04 Å². The Morgan fingerprint density at radius 1 is 1.30 bits per heavy atom. The Hall–Kier alpha value is -1.05. The van der Waals surface area contributed by atoms with Crippen LogP contribution in [0.5, 0.6) is 0 Å². The van der Waals surface area contributed by atoms with Crippen LogP contribution in [0.1, 0.15) is 22.9 Å². The molecule has 1 heterocycles. The Labute approximate surface area is 123 Å². The number of rotatable bonds is 4. The van der Waals surface area contributed by atoms with Gasteiger partial charge in [0.2, 0.25) is 0 Å². The number of aromatic nitrogens is 1. The smallest absolute Gasteiger partial charge is 0.323 e. The van der Waals surface area contributed by atoms with Crippen LogP contribution < -0.4 is 5.73 Å². The van der Waals surface area contributed by atoms with Gasteiger partial charge in [0.15, 0.2) is 0 Å². The summed E-state index contributed by atoms with van der Waals surface area (Å²) in [5, 5.41) is 1.95. The molecule has 1 aromatic carbocycles. The van der Waals surface area contributed by atoms with Crippen molar-refractivity contribution in [3.05, 3.63) is 46.5 Å². The van der Waals surface area contributed by atoms with Crippen molar-refractivity contribution in [2.45, 2.75) is 23.5 Å². The van der Waals surface area contributed by atoms with Gasteiger partial charge in [-0.05, 0) is 24.6 Å². The lowest BCUT2D eigenvalue weighted by Crippen LogP contribution is -2.13. The summed E-state index contributed by atoms with van der Waals surface area (Å²) >= 11 is 3.05. The van der Waals surface area contributed by atoms with Gasteiger partial charge in [0.1, 0.15) is 4.34 Å². The summed E-state index contributed by atoms with van der Waals surface area (Å²) in [7, 11) is 0. The Morgan fingerprint density at radius 2 is 1.95 bits per heavy atom. The first-order valence-corrected chi connectivity index (χ1v) is 7.70. The van der Waals surface area contributed by atoms with Gasteiger partial charge in [0.25, 0.3) is 0 Å². The average Bonchev–Trinajstić information content (AvgIpc) is 2.81. The number of halogens is 3. The molecule has 2 N–H and O–H groups in total.